The number of hydrogen-bond donors (Lipinski definition) is 3. The molecule has 2 aromatic rings. The van der Waals surface area contributed by atoms with Gasteiger partial charge >= 0.3 is 5.97 Å². The Balaban J connectivity index is 1.81. The molecule has 152 valence electrons. The fourth-order valence-corrected chi connectivity index (χ4v) is 5.45. The molecule has 0 aliphatic carbocycles. The number of halogens is 1. The second-order valence-electron chi connectivity index (χ2n) is 7.23. The molecule has 0 bridgehead atoms. The molecule has 0 saturated carbocycles. The molecule has 2 saturated heterocycles. The summed E-state index contributed by atoms with van der Waals surface area (Å²) >= 11 is 7.24. The van der Waals surface area contributed by atoms with Crippen molar-refractivity contribution in [3.05, 3.63) is 51.2 Å². The number of thiophene rings is 1. The second kappa shape index (κ2) is 7.21. The number of aliphatic carboxylic acids is 1. The number of carboxylic acids is 1. The third-order valence-electron chi connectivity index (χ3n) is 5.79. The minimum atomic E-state index is -1.95. The van der Waals surface area contributed by atoms with Crippen molar-refractivity contribution in [2.24, 2.45) is 11.8 Å². The van der Waals surface area contributed by atoms with Gasteiger partial charge in [0, 0.05) is 4.88 Å². The fraction of sp³-hybridized carbons (Fsp3) is 0.350. The van der Waals surface area contributed by atoms with Gasteiger partial charge in [-0.3, -0.25) is 19.7 Å². The summed E-state index contributed by atoms with van der Waals surface area (Å²) < 4.78 is 0.485. The first-order valence-electron chi connectivity index (χ1n) is 9.18. The van der Waals surface area contributed by atoms with Crippen LogP contribution in [-0.2, 0) is 20.8 Å². The number of aryl methyl sites for hydroxylation is 1. The zero-order valence-corrected chi connectivity index (χ0v) is 17.0. The van der Waals surface area contributed by atoms with Crippen LogP contribution in [0.5, 0.6) is 0 Å². The number of carboxylic acid groups (broad SMARTS) is 1. The van der Waals surface area contributed by atoms with Crippen molar-refractivity contribution < 1.29 is 24.6 Å². The number of aliphatic hydroxyl groups is 1. The monoisotopic (exact) mass is 434 g/mol. The van der Waals surface area contributed by atoms with Crippen LogP contribution in [0.4, 0.5) is 5.69 Å². The molecular formula is C20H19ClN2O5S. The van der Waals surface area contributed by atoms with Crippen LogP contribution in [0.2, 0.25) is 4.34 Å². The van der Waals surface area contributed by atoms with Crippen molar-refractivity contribution >= 4 is 46.4 Å². The van der Waals surface area contributed by atoms with E-state index in [0.717, 1.165) is 16.9 Å². The van der Waals surface area contributed by atoms with Crippen molar-refractivity contribution in [1.82, 2.24) is 5.32 Å². The standard InChI is InChI=1S/C20H19ClN2O5S/c1-2-10-3-5-11(6-4-10)23-17(25)14-15(18(23)26)20(9-24,19(27)28)22-16(14)12-7-8-13(21)29-12/h3-8,14-16,22,24H,2,9H2,1H3,(H,27,28). The summed E-state index contributed by atoms with van der Waals surface area (Å²) in [6, 6.07) is 9.64. The van der Waals surface area contributed by atoms with Gasteiger partial charge in [0.25, 0.3) is 0 Å². The Kier molecular flexibility index (Phi) is 4.98. The Morgan fingerprint density at radius 2 is 1.90 bits per heavy atom. The molecule has 3 N–H and O–H groups in total. The molecule has 1 aromatic heterocycles. The SMILES string of the molecule is CCc1ccc(N2C(=O)C3C(c4ccc(Cl)s4)NC(CO)(C(=O)O)C3C2=O)cc1. The third-order valence-corrected chi connectivity index (χ3v) is 7.10. The molecule has 2 aliphatic heterocycles. The number of fused-ring (bicyclic) bond motifs is 1. The molecule has 2 fully saturated rings. The highest BCUT2D eigenvalue weighted by Crippen LogP contribution is 2.51. The molecule has 4 atom stereocenters. The van der Waals surface area contributed by atoms with Crippen molar-refractivity contribution in [2.75, 3.05) is 11.5 Å². The van der Waals surface area contributed by atoms with Crippen LogP contribution >= 0.6 is 22.9 Å². The minimum Gasteiger partial charge on any atom is -0.480 e. The Morgan fingerprint density at radius 3 is 2.41 bits per heavy atom. The van der Waals surface area contributed by atoms with Gasteiger partial charge in [-0.2, -0.15) is 0 Å². The number of nitrogens with zero attached hydrogens (tertiary/aromatic N) is 1. The first-order valence-corrected chi connectivity index (χ1v) is 10.4. The average molecular weight is 435 g/mol. The molecule has 2 amide bonds. The van der Waals surface area contributed by atoms with Gasteiger partial charge in [0.05, 0.1) is 34.5 Å². The highest BCUT2D eigenvalue weighted by Gasteiger charge is 2.68. The maximum Gasteiger partial charge on any atom is 0.327 e. The van der Waals surface area contributed by atoms with Crippen LogP contribution in [-0.4, -0.2) is 40.1 Å². The van der Waals surface area contributed by atoms with Crippen molar-refractivity contribution in [3.8, 4) is 0 Å². The Morgan fingerprint density at radius 1 is 1.21 bits per heavy atom. The molecular weight excluding hydrogens is 416 g/mol. The third kappa shape index (κ3) is 2.90. The Bertz CT molecular complexity index is 991. The molecule has 9 heteroatoms. The maximum atomic E-state index is 13.3. The Labute approximate surface area is 175 Å². The predicted octanol–water partition coefficient (Wildman–Crippen LogP) is 2.23. The van der Waals surface area contributed by atoms with E-state index in [-0.39, 0.29) is 0 Å². The van der Waals surface area contributed by atoms with Gasteiger partial charge in [0.1, 0.15) is 0 Å². The number of amides is 2. The lowest BCUT2D eigenvalue weighted by Gasteiger charge is -2.29. The lowest BCUT2D eigenvalue weighted by Crippen LogP contribution is -2.58. The topological polar surface area (TPSA) is 107 Å². The molecule has 3 heterocycles. The quantitative estimate of drug-likeness (QED) is 0.623. The number of benzene rings is 1. The lowest BCUT2D eigenvalue weighted by atomic mass is 9.80. The number of carbonyl (C=O) groups is 3. The van der Waals surface area contributed by atoms with Crippen LogP contribution in [0.15, 0.2) is 36.4 Å². The molecule has 2 aliphatic rings. The van der Waals surface area contributed by atoms with Gasteiger partial charge in [-0.25, -0.2) is 4.90 Å². The van der Waals surface area contributed by atoms with Gasteiger partial charge in [0.15, 0.2) is 5.54 Å². The van der Waals surface area contributed by atoms with E-state index >= 15 is 0 Å². The fourth-order valence-electron chi connectivity index (χ4n) is 4.29. The number of nitrogens with one attached hydrogen (secondary N) is 1. The number of anilines is 1. The molecule has 29 heavy (non-hydrogen) atoms. The summed E-state index contributed by atoms with van der Waals surface area (Å²) in [7, 11) is 0. The number of rotatable bonds is 5. The van der Waals surface area contributed by atoms with E-state index in [1.54, 1.807) is 24.3 Å². The van der Waals surface area contributed by atoms with Crippen LogP contribution in [0, 0.1) is 11.8 Å². The van der Waals surface area contributed by atoms with E-state index in [2.05, 4.69) is 5.32 Å². The zero-order chi connectivity index (χ0) is 20.9. The van der Waals surface area contributed by atoms with Gasteiger partial charge in [0.2, 0.25) is 11.8 Å². The van der Waals surface area contributed by atoms with Gasteiger partial charge in [-0.15, -0.1) is 11.3 Å². The van der Waals surface area contributed by atoms with E-state index in [1.165, 1.54) is 11.3 Å². The molecule has 0 spiro atoms. The lowest BCUT2D eigenvalue weighted by molar-refractivity contribution is -0.150. The zero-order valence-electron chi connectivity index (χ0n) is 15.5. The number of aliphatic hydroxyl groups excluding tert-OH is 1. The summed E-state index contributed by atoms with van der Waals surface area (Å²) in [5, 5.41) is 22.7. The molecule has 1 aromatic carbocycles. The second-order valence-corrected chi connectivity index (χ2v) is 8.98. The summed E-state index contributed by atoms with van der Waals surface area (Å²) in [4.78, 5) is 40.4. The molecule has 4 rings (SSSR count). The van der Waals surface area contributed by atoms with Crippen molar-refractivity contribution in [1.29, 1.82) is 0 Å². The van der Waals surface area contributed by atoms with Crippen LogP contribution in [0.25, 0.3) is 0 Å². The summed E-state index contributed by atoms with van der Waals surface area (Å²) in [5.41, 5.74) is -0.501. The van der Waals surface area contributed by atoms with Crippen molar-refractivity contribution in [2.45, 2.75) is 24.9 Å². The van der Waals surface area contributed by atoms with E-state index in [9.17, 15) is 24.6 Å². The number of imide groups is 1. The van der Waals surface area contributed by atoms with Crippen LogP contribution < -0.4 is 10.2 Å². The van der Waals surface area contributed by atoms with E-state index in [1.807, 2.05) is 19.1 Å². The smallest absolute Gasteiger partial charge is 0.327 e. The summed E-state index contributed by atoms with van der Waals surface area (Å²) in [6.45, 7) is 1.18. The predicted molar refractivity (Wildman–Crippen MR) is 108 cm³/mol. The largest absolute Gasteiger partial charge is 0.480 e. The molecule has 4 unspecified atom stereocenters. The minimum absolute atomic E-state index is 0.395. The average Bonchev–Trinajstić information content (AvgIpc) is 3.36. The Hall–Kier alpha value is -2.26. The van der Waals surface area contributed by atoms with Gasteiger partial charge in [-0.05, 0) is 36.2 Å². The molecule has 7 nitrogen and oxygen atoms in total. The van der Waals surface area contributed by atoms with Crippen LogP contribution in [0.3, 0.4) is 0 Å². The first-order chi connectivity index (χ1) is 13.8. The van der Waals surface area contributed by atoms with E-state index in [0.29, 0.717) is 14.9 Å². The van der Waals surface area contributed by atoms with Crippen molar-refractivity contribution in [3.63, 3.8) is 0 Å². The highest BCUT2D eigenvalue weighted by molar-refractivity contribution is 7.16. The maximum absolute atomic E-state index is 13.3. The number of hydrogen-bond acceptors (Lipinski definition) is 6. The van der Waals surface area contributed by atoms with E-state index < -0.39 is 47.8 Å². The van der Waals surface area contributed by atoms with Gasteiger partial charge in [-0.1, -0.05) is 30.7 Å². The molecule has 0 radical (unpaired) electrons. The van der Waals surface area contributed by atoms with E-state index in [4.69, 9.17) is 11.6 Å². The van der Waals surface area contributed by atoms with Crippen LogP contribution in [0.1, 0.15) is 23.4 Å². The summed E-state index contributed by atoms with van der Waals surface area (Å²) in [5.74, 6) is -4.66. The first kappa shape index (κ1) is 20.0. The highest BCUT2D eigenvalue weighted by atomic mass is 35.5. The number of carbonyl (C=O) groups excluding carboxylic acids is 2. The normalized spacial score (nSPS) is 28.8. The summed E-state index contributed by atoms with van der Waals surface area (Å²) in [6.07, 6.45) is 0.811. The van der Waals surface area contributed by atoms with Gasteiger partial charge < -0.3 is 10.2 Å².